The van der Waals surface area contributed by atoms with Gasteiger partial charge in [0.05, 0.1) is 13.1 Å². The number of pyridine rings is 1. The van der Waals surface area contributed by atoms with Gasteiger partial charge < -0.3 is 14.2 Å². The second-order valence-corrected chi connectivity index (χ2v) is 5.90. The molecule has 2 aliphatic rings. The molecule has 0 radical (unpaired) electrons. The highest BCUT2D eigenvalue weighted by Crippen LogP contribution is 2.29. The van der Waals surface area contributed by atoms with E-state index in [0.29, 0.717) is 18.4 Å². The fourth-order valence-electron chi connectivity index (χ4n) is 3.64. The molecule has 0 aromatic carbocycles. The minimum Gasteiger partial charge on any atom is -0.448 e. The van der Waals surface area contributed by atoms with Gasteiger partial charge in [-0.1, -0.05) is 12.0 Å². The van der Waals surface area contributed by atoms with Crippen LogP contribution in [-0.4, -0.2) is 36.8 Å². The number of terminal acetylenes is 1. The molecule has 3 heterocycles. The molecule has 1 unspecified atom stereocenters. The summed E-state index contributed by atoms with van der Waals surface area (Å²) in [6.45, 7) is 2.92. The molecule has 5 heteroatoms. The van der Waals surface area contributed by atoms with Crippen LogP contribution in [0.2, 0.25) is 0 Å². The molecule has 3 rings (SSSR count). The summed E-state index contributed by atoms with van der Waals surface area (Å²) in [5.74, 6) is 2.86. The van der Waals surface area contributed by atoms with Crippen molar-refractivity contribution in [3.63, 3.8) is 0 Å². The lowest BCUT2D eigenvalue weighted by molar-refractivity contribution is -0.903. The summed E-state index contributed by atoms with van der Waals surface area (Å²) in [7, 11) is 0. The summed E-state index contributed by atoms with van der Waals surface area (Å²) in [5, 5.41) is 0. The van der Waals surface area contributed by atoms with Gasteiger partial charge in [0.2, 0.25) is 0 Å². The van der Waals surface area contributed by atoms with Gasteiger partial charge in [0.15, 0.2) is 13.2 Å². The fraction of sp³-hybridized carbons (Fsp3) is 0.500. The number of esters is 1. The van der Waals surface area contributed by atoms with E-state index in [9.17, 15) is 9.59 Å². The van der Waals surface area contributed by atoms with E-state index in [1.807, 2.05) is 16.7 Å². The van der Waals surface area contributed by atoms with Crippen molar-refractivity contribution in [3.05, 3.63) is 34.2 Å². The predicted molar refractivity (Wildman–Crippen MR) is 76.9 cm³/mol. The molecule has 21 heavy (non-hydrogen) atoms. The molecule has 5 nitrogen and oxygen atoms in total. The Morgan fingerprint density at radius 3 is 3.14 bits per heavy atom. The van der Waals surface area contributed by atoms with E-state index in [1.165, 1.54) is 4.90 Å². The molecule has 1 aromatic heterocycles. The van der Waals surface area contributed by atoms with E-state index in [2.05, 4.69) is 5.92 Å². The van der Waals surface area contributed by atoms with Gasteiger partial charge in [-0.2, -0.15) is 0 Å². The number of aromatic nitrogens is 1. The molecule has 0 spiro atoms. The predicted octanol–water partition coefficient (Wildman–Crippen LogP) is -0.973. The molecule has 110 valence electrons. The summed E-state index contributed by atoms with van der Waals surface area (Å²) in [6.07, 6.45) is 6.19. The lowest BCUT2D eigenvalue weighted by atomic mass is 9.83. The van der Waals surface area contributed by atoms with Crippen molar-refractivity contribution in [2.75, 3.05) is 26.2 Å². The maximum Gasteiger partial charge on any atom is 0.362 e. The normalized spacial score (nSPS) is 26.5. The molecule has 3 atom stereocenters. The van der Waals surface area contributed by atoms with Gasteiger partial charge in [0.1, 0.15) is 0 Å². The monoisotopic (exact) mass is 287 g/mol. The number of rotatable bonds is 3. The Balaban J connectivity index is 1.72. The van der Waals surface area contributed by atoms with E-state index in [-0.39, 0.29) is 18.1 Å². The van der Waals surface area contributed by atoms with Crippen LogP contribution in [0.1, 0.15) is 18.0 Å². The van der Waals surface area contributed by atoms with Gasteiger partial charge in [-0.15, -0.1) is 6.42 Å². The van der Waals surface area contributed by atoms with Crippen LogP contribution in [0, 0.1) is 18.3 Å². The molecule has 1 saturated heterocycles. The molecular weight excluding hydrogens is 268 g/mol. The zero-order valence-electron chi connectivity index (χ0n) is 11.9. The maximum absolute atomic E-state index is 11.9. The van der Waals surface area contributed by atoms with Gasteiger partial charge >= 0.3 is 5.97 Å². The number of carbonyl (C=O) groups excluding carboxylic acids is 1. The number of quaternary nitrogens is 1. The van der Waals surface area contributed by atoms with Crippen LogP contribution in [0.4, 0.5) is 0 Å². The molecular formula is C16H19N2O3+. The summed E-state index contributed by atoms with van der Waals surface area (Å²) in [4.78, 5) is 24.9. The first-order valence-corrected chi connectivity index (χ1v) is 7.29. The Morgan fingerprint density at radius 2 is 2.33 bits per heavy atom. The quantitative estimate of drug-likeness (QED) is 0.575. The van der Waals surface area contributed by atoms with Crippen LogP contribution in [0.5, 0.6) is 0 Å². The molecule has 2 aliphatic heterocycles. The number of ether oxygens (including phenoxy) is 1. The van der Waals surface area contributed by atoms with Crippen LogP contribution in [0.15, 0.2) is 23.0 Å². The Kier molecular flexibility index (Phi) is 3.80. The fourth-order valence-corrected chi connectivity index (χ4v) is 3.64. The van der Waals surface area contributed by atoms with Crippen molar-refractivity contribution in [1.82, 2.24) is 4.57 Å². The zero-order valence-corrected chi connectivity index (χ0v) is 11.9. The minimum atomic E-state index is -0.242. The minimum absolute atomic E-state index is 0.0389. The first-order valence-electron chi connectivity index (χ1n) is 7.29. The maximum atomic E-state index is 11.9. The average Bonchev–Trinajstić information content (AvgIpc) is 2.46. The number of nitrogens with one attached hydrogen (secondary N) is 1. The van der Waals surface area contributed by atoms with Crippen molar-refractivity contribution in [2.45, 2.75) is 18.9 Å². The second-order valence-electron chi connectivity index (χ2n) is 5.90. The second kappa shape index (κ2) is 5.74. The number of piperidine rings is 1. The van der Waals surface area contributed by atoms with Gasteiger partial charge in [-0.3, -0.25) is 4.79 Å². The molecule has 1 aromatic rings. The standard InChI is InChI=1S/C16H18N2O3/c1-2-6-21-16(20)11-17-8-12-7-13(10-17)14-4-3-5-15(19)18(14)9-12/h1,3-5,12-13H,6-11H2/p+1/t12-,13+/m0/s1. The van der Waals surface area contributed by atoms with Crippen molar-refractivity contribution in [1.29, 1.82) is 0 Å². The summed E-state index contributed by atoms with van der Waals surface area (Å²) >= 11 is 0. The van der Waals surface area contributed by atoms with E-state index >= 15 is 0 Å². The Morgan fingerprint density at radius 1 is 1.48 bits per heavy atom. The molecule has 1 fully saturated rings. The topological polar surface area (TPSA) is 52.7 Å². The SMILES string of the molecule is C#CCOC(=O)C[NH+]1C[C@@H]2C[C@H](C1)c1cccc(=O)n1C2. The van der Waals surface area contributed by atoms with Crippen molar-refractivity contribution in [2.24, 2.45) is 5.92 Å². The van der Waals surface area contributed by atoms with Crippen molar-refractivity contribution in [3.8, 4) is 12.3 Å². The van der Waals surface area contributed by atoms with E-state index in [1.54, 1.807) is 6.07 Å². The van der Waals surface area contributed by atoms with Gasteiger partial charge in [0, 0.05) is 30.1 Å². The van der Waals surface area contributed by atoms with E-state index < -0.39 is 0 Å². The summed E-state index contributed by atoms with van der Waals surface area (Å²) < 4.78 is 6.85. The lowest BCUT2D eigenvalue weighted by Crippen LogP contribution is -3.15. The Hall–Kier alpha value is -2.06. The van der Waals surface area contributed by atoms with E-state index in [0.717, 1.165) is 31.7 Å². The number of hydrogen-bond acceptors (Lipinski definition) is 3. The lowest BCUT2D eigenvalue weighted by Gasteiger charge is -2.39. The van der Waals surface area contributed by atoms with Gasteiger partial charge in [0.25, 0.3) is 5.56 Å². The molecule has 0 saturated carbocycles. The highest BCUT2D eigenvalue weighted by molar-refractivity contribution is 5.70. The summed E-state index contributed by atoms with van der Waals surface area (Å²) in [5.41, 5.74) is 1.19. The number of fused-ring (bicyclic) bond motifs is 4. The zero-order chi connectivity index (χ0) is 14.8. The van der Waals surface area contributed by atoms with Crippen LogP contribution >= 0.6 is 0 Å². The third-order valence-electron chi connectivity index (χ3n) is 4.38. The third kappa shape index (κ3) is 2.86. The summed E-state index contributed by atoms with van der Waals surface area (Å²) in [6, 6.07) is 5.47. The van der Waals surface area contributed by atoms with Crippen LogP contribution in [0.25, 0.3) is 0 Å². The van der Waals surface area contributed by atoms with E-state index in [4.69, 9.17) is 11.2 Å². The molecule has 2 bridgehead atoms. The Bertz CT molecular complexity index is 644. The van der Waals surface area contributed by atoms with Crippen molar-refractivity contribution >= 4 is 5.97 Å². The number of carbonyl (C=O) groups is 1. The van der Waals surface area contributed by atoms with Crippen molar-refractivity contribution < 1.29 is 14.4 Å². The number of nitrogens with zero attached hydrogens (tertiary/aromatic N) is 1. The first-order chi connectivity index (χ1) is 10.2. The smallest absolute Gasteiger partial charge is 0.362 e. The number of likely N-dealkylation sites (tertiary alicyclic amines) is 1. The average molecular weight is 287 g/mol. The largest absolute Gasteiger partial charge is 0.448 e. The molecule has 0 amide bonds. The third-order valence-corrected chi connectivity index (χ3v) is 4.38. The molecule has 0 aliphatic carbocycles. The highest BCUT2D eigenvalue weighted by Gasteiger charge is 2.37. The van der Waals surface area contributed by atoms with Crippen LogP contribution in [0.3, 0.4) is 0 Å². The van der Waals surface area contributed by atoms with Gasteiger partial charge in [-0.25, -0.2) is 4.79 Å². The highest BCUT2D eigenvalue weighted by atomic mass is 16.5. The molecule has 1 N–H and O–H groups in total. The van der Waals surface area contributed by atoms with Crippen LogP contribution in [-0.2, 0) is 16.1 Å². The van der Waals surface area contributed by atoms with Gasteiger partial charge in [-0.05, 0) is 12.5 Å². The first kappa shape index (κ1) is 13.9. The Labute approximate surface area is 123 Å². The van der Waals surface area contributed by atoms with Crippen LogP contribution < -0.4 is 10.5 Å². The number of hydrogen-bond donors (Lipinski definition) is 1.